The van der Waals surface area contributed by atoms with E-state index in [1.54, 1.807) is 0 Å². The van der Waals surface area contributed by atoms with Crippen molar-refractivity contribution in [2.24, 2.45) is 0 Å². The van der Waals surface area contributed by atoms with Crippen molar-refractivity contribution in [3.8, 4) is 0 Å². The van der Waals surface area contributed by atoms with Crippen LogP contribution < -0.4 is 0 Å². The van der Waals surface area contributed by atoms with Crippen LogP contribution in [0, 0.1) is 0 Å². The molecular weight excluding hydrogens is 430 g/mol. The minimum absolute atomic E-state index is 0.116. The molecule has 0 fully saturated rings. The van der Waals surface area contributed by atoms with E-state index >= 15 is 0 Å². The first-order valence-electron chi connectivity index (χ1n) is 8.07. The van der Waals surface area contributed by atoms with Gasteiger partial charge in [-0.15, -0.1) is 18.7 Å². The Morgan fingerprint density at radius 3 is 1.54 bits per heavy atom. The summed E-state index contributed by atoms with van der Waals surface area (Å²) in [4.78, 5) is 41.4. The Kier molecular flexibility index (Phi) is 13.7. The molecule has 0 aliphatic rings. The SMILES string of the molecule is CCOOP(=O)(OOCC)OC(=O)C(CC(=O)O)P(=O)(OOCC)OOCC. The molecule has 0 saturated carbocycles. The lowest BCUT2D eigenvalue weighted by atomic mass is 10.3. The van der Waals surface area contributed by atoms with E-state index in [0.717, 1.165) is 0 Å². The fourth-order valence-corrected chi connectivity index (χ4v) is 3.72. The number of carboxylic acids is 1. The number of hydrogen-bond donors (Lipinski definition) is 1. The van der Waals surface area contributed by atoms with Crippen LogP contribution in [0.25, 0.3) is 0 Å². The molecule has 14 nitrogen and oxygen atoms in total. The second-order valence-corrected chi connectivity index (χ2v) is 7.81. The molecule has 0 aromatic rings. The van der Waals surface area contributed by atoms with Gasteiger partial charge in [-0.05, 0) is 27.7 Å². The fourth-order valence-electron chi connectivity index (χ4n) is 1.31. The molecule has 16 heteroatoms. The van der Waals surface area contributed by atoms with Crippen LogP contribution >= 0.6 is 15.4 Å². The minimum Gasteiger partial charge on any atom is -0.481 e. The standard InChI is InChI=1S/C12H24O14P2/c1-5-18-23-27(16,24-19-6-2)10(9-11(13)14)12(15)22-28(17,25-20-7-3)26-21-8-4/h10H,5-9H2,1-4H3,(H,13,14). The van der Waals surface area contributed by atoms with Crippen molar-refractivity contribution in [2.45, 2.75) is 39.8 Å². The van der Waals surface area contributed by atoms with Crippen molar-refractivity contribution in [3.63, 3.8) is 0 Å². The van der Waals surface area contributed by atoms with Crippen molar-refractivity contribution >= 4 is 27.4 Å². The Labute approximate surface area is 161 Å². The molecule has 0 aliphatic heterocycles. The molecule has 0 spiro atoms. The Morgan fingerprint density at radius 2 is 1.18 bits per heavy atom. The molecule has 1 N–H and O–H groups in total. The average molecular weight is 454 g/mol. The first-order valence-corrected chi connectivity index (χ1v) is 11.1. The molecular formula is C12H24O14P2. The molecule has 1 atom stereocenters. The topological polar surface area (TPSA) is 172 Å². The summed E-state index contributed by atoms with van der Waals surface area (Å²) in [5, 5.41) is 9.03. The summed E-state index contributed by atoms with van der Waals surface area (Å²) in [6, 6.07) is 0. The molecule has 0 rings (SSSR count). The van der Waals surface area contributed by atoms with Gasteiger partial charge in [-0.1, -0.05) is 0 Å². The van der Waals surface area contributed by atoms with Gasteiger partial charge in [0.1, 0.15) is 0 Å². The maximum atomic E-state index is 12.8. The zero-order valence-electron chi connectivity index (χ0n) is 15.8. The molecule has 1 unspecified atom stereocenters. The van der Waals surface area contributed by atoms with E-state index < -0.39 is 39.4 Å². The zero-order valence-corrected chi connectivity index (χ0v) is 17.6. The first-order chi connectivity index (χ1) is 13.2. The fraction of sp³-hybridized carbons (Fsp3) is 0.833. The lowest BCUT2D eigenvalue weighted by molar-refractivity contribution is -0.277. The second-order valence-electron chi connectivity index (χ2n) is 4.44. The maximum Gasteiger partial charge on any atom is 0.587 e. The number of carbonyl (C=O) groups excluding carboxylic acids is 1. The van der Waals surface area contributed by atoms with E-state index in [2.05, 4.69) is 42.8 Å². The number of rotatable bonds is 17. The highest BCUT2D eigenvalue weighted by Crippen LogP contribution is 2.58. The molecule has 0 amide bonds. The largest absolute Gasteiger partial charge is 0.587 e. The van der Waals surface area contributed by atoms with Gasteiger partial charge in [0.2, 0.25) is 0 Å². The number of phosphoric acid groups is 1. The van der Waals surface area contributed by atoms with Crippen LogP contribution in [0.4, 0.5) is 0 Å². The van der Waals surface area contributed by atoms with Crippen LogP contribution in [0.1, 0.15) is 34.1 Å². The second kappa shape index (κ2) is 14.1. The van der Waals surface area contributed by atoms with E-state index in [0.29, 0.717) is 0 Å². The van der Waals surface area contributed by atoms with Gasteiger partial charge in [0.25, 0.3) is 0 Å². The Bertz CT molecular complexity index is 543. The van der Waals surface area contributed by atoms with Crippen LogP contribution in [0.5, 0.6) is 0 Å². The number of carbonyl (C=O) groups is 2. The van der Waals surface area contributed by atoms with Crippen LogP contribution in [0.2, 0.25) is 0 Å². The Balaban J connectivity index is 5.67. The van der Waals surface area contributed by atoms with Crippen LogP contribution in [-0.2, 0) is 61.5 Å². The van der Waals surface area contributed by atoms with E-state index in [1.807, 2.05) is 0 Å². The van der Waals surface area contributed by atoms with Crippen molar-refractivity contribution < 1.29 is 66.6 Å². The van der Waals surface area contributed by atoms with E-state index in [9.17, 15) is 18.7 Å². The van der Waals surface area contributed by atoms with Crippen molar-refractivity contribution in [1.82, 2.24) is 0 Å². The smallest absolute Gasteiger partial charge is 0.481 e. The lowest BCUT2D eigenvalue weighted by Gasteiger charge is -2.23. The summed E-state index contributed by atoms with van der Waals surface area (Å²) in [5.74, 6) is -3.23. The molecule has 0 aliphatic carbocycles. The van der Waals surface area contributed by atoms with Gasteiger partial charge in [0, 0.05) is 0 Å². The van der Waals surface area contributed by atoms with Crippen molar-refractivity contribution in [2.75, 3.05) is 26.4 Å². The van der Waals surface area contributed by atoms with Crippen LogP contribution in [-0.4, -0.2) is 49.1 Å². The molecule has 166 valence electrons. The highest BCUT2D eigenvalue weighted by atomic mass is 31.2. The summed E-state index contributed by atoms with van der Waals surface area (Å²) < 4.78 is 47.6. The predicted molar refractivity (Wildman–Crippen MR) is 88.2 cm³/mol. The van der Waals surface area contributed by atoms with Crippen molar-refractivity contribution in [3.05, 3.63) is 0 Å². The number of aliphatic carboxylic acids is 1. The van der Waals surface area contributed by atoms with Gasteiger partial charge in [0.05, 0.1) is 32.8 Å². The molecule has 28 heavy (non-hydrogen) atoms. The summed E-state index contributed by atoms with van der Waals surface area (Å²) in [6.07, 6.45) is -1.13. The van der Waals surface area contributed by atoms with E-state index in [4.69, 9.17) is 5.11 Å². The summed E-state index contributed by atoms with van der Waals surface area (Å²) in [5.41, 5.74) is -2.16. The Hall–Kier alpha value is -0.920. The van der Waals surface area contributed by atoms with Crippen LogP contribution in [0.15, 0.2) is 0 Å². The van der Waals surface area contributed by atoms with Gasteiger partial charge in [0.15, 0.2) is 5.66 Å². The van der Waals surface area contributed by atoms with Gasteiger partial charge < -0.3 is 9.63 Å². The predicted octanol–water partition coefficient (Wildman–Crippen LogP) is 2.55. The highest BCUT2D eigenvalue weighted by Gasteiger charge is 2.50. The monoisotopic (exact) mass is 454 g/mol. The zero-order chi connectivity index (χ0) is 21.6. The average Bonchev–Trinajstić information content (AvgIpc) is 2.65. The summed E-state index contributed by atoms with van der Waals surface area (Å²) >= 11 is 0. The van der Waals surface area contributed by atoms with Gasteiger partial charge in [-0.2, -0.15) is 0 Å². The molecule has 0 saturated heterocycles. The first kappa shape index (κ1) is 27.1. The molecule has 0 heterocycles. The summed E-state index contributed by atoms with van der Waals surface area (Å²) in [7, 11) is -9.55. The molecule has 0 bridgehead atoms. The van der Waals surface area contributed by atoms with Gasteiger partial charge in [-0.3, -0.25) is 14.2 Å². The van der Waals surface area contributed by atoms with Gasteiger partial charge >= 0.3 is 27.4 Å². The van der Waals surface area contributed by atoms with E-state index in [-0.39, 0.29) is 26.4 Å². The maximum absolute atomic E-state index is 12.8. The summed E-state index contributed by atoms with van der Waals surface area (Å²) in [6.45, 7) is 5.33. The van der Waals surface area contributed by atoms with Crippen molar-refractivity contribution in [1.29, 1.82) is 0 Å². The molecule has 0 radical (unpaired) electrons. The molecule has 0 aromatic heterocycles. The minimum atomic E-state index is -4.83. The number of hydrogen-bond acceptors (Lipinski definition) is 13. The lowest BCUT2D eigenvalue weighted by Crippen LogP contribution is -2.28. The molecule has 0 aromatic carbocycles. The third-order valence-electron chi connectivity index (χ3n) is 2.30. The highest BCUT2D eigenvalue weighted by molar-refractivity contribution is 7.55. The van der Waals surface area contributed by atoms with Gasteiger partial charge in [-0.25, -0.2) is 24.1 Å². The quantitative estimate of drug-likeness (QED) is 0.193. The number of carboxylic acid groups (broad SMARTS) is 1. The van der Waals surface area contributed by atoms with E-state index in [1.165, 1.54) is 27.7 Å². The normalized spacial score (nSPS) is 13.3. The Morgan fingerprint density at radius 1 is 0.786 bits per heavy atom. The third kappa shape index (κ3) is 10.0. The third-order valence-corrected chi connectivity index (χ3v) is 5.06. The van der Waals surface area contributed by atoms with Crippen LogP contribution in [0.3, 0.4) is 0 Å².